The molecule has 0 bridgehead atoms. The first-order valence-electron chi connectivity index (χ1n) is 6.08. The van der Waals surface area contributed by atoms with Crippen molar-refractivity contribution >= 4 is 0 Å². The Balaban J connectivity index is 2.25. The van der Waals surface area contributed by atoms with E-state index < -0.39 is 0 Å². The third kappa shape index (κ3) is 3.97. The van der Waals surface area contributed by atoms with Crippen molar-refractivity contribution in [3.8, 4) is 0 Å². The Morgan fingerprint density at radius 1 is 1.36 bits per heavy atom. The minimum absolute atomic E-state index is 0.667. The quantitative estimate of drug-likeness (QED) is 0.674. The van der Waals surface area contributed by atoms with Crippen molar-refractivity contribution < 1.29 is 0 Å². The molecule has 2 nitrogen and oxygen atoms in total. The van der Waals surface area contributed by atoms with Gasteiger partial charge in [0.05, 0.1) is 0 Å². The van der Waals surface area contributed by atoms with E-state index in [9.17, 15) is 0 Å². The predicted octanol–water partition coefficient (Wildman–Crippen LogP) is 2.10. The van der Waals surface area contributed by atoms with Gasteiger partial charge in [-0.3, -0.25) is 0 Å². The van der Waals surface area contributed by atoms with E-state index in [2.05, 4.69) is 38.0 Å². The lowest BCUT2D eigenvalue weighted by Gasteiger charge is -2.27. The van der Waals surface area contributed by atoms with Crippen LogP contribution in [0.4, 0.5) is 0 Å². The summed E-state index contributed by atoms with van der Waals surface area (Å²) >= 11 is 0. The average molecular weight is 198 g/mol. The van der Waals surface area contributed by atoms with Gasteiger partial charge in [-0.1, -0.05) is 20.8 Å². The Bertz CT molecular complexity index is 152. The molecule has 1 N–H and O–H groups in total. The standard InChI is InChI=1S/C12H26N2/c1-5-8-13-12(10(2)3)9-14(4)11-6-7-11/h10-13H,5-9H2,1-4H3. The number of nitrogens with one attached hydrogen (secondary N) is 1. The van der Waals surface area contributed by atoms with Gasteiger partial charge in [0.15, 0.2) is 0 Å². The lowest BCUT2D eigenvalue weighted by molar-refractivity contribution is 0.247. The van der Waals surface area contributed by atoms with Crippen molar-refractivity contribution in [1.29, 1.82) is 0 Å². The molecule has 0 radical (unpaired) electrons. The predicted molar refractivity (Wildman–Crippen MR) is 62.6 cm³/mol. The van der Waals surface area contributed by atoms with Gasteiger partial charge in [0.1, 0.15) is 0 Å². The Kier molecular flexibility index (Phi) is 4.90. The summed E-state index contributed by atoms with van der Waals surface area (Å²) in [6.07, 6.45) is 4.06. The first-order valence-corrected chi connectivity index (χ1v) is 6.08. The van der Waals surface area contributed by atoms with Gasteiger partial charge in [0.2, 0.25) is 0 Å². The van der Waals surface area contributed by atoms with Crippen LogP contribution in [0.25, 0.3) is 0 Å². The zero-order valence-corrected chi connectivity index (χ0v) is 10.2. The molecule has 14 heavy (non-hydrogen) atoms. The van der Waals surface area contributed by atoms with Gasteiger partial charge >= 0.3 is 0 Å². The molecule has 1 atom stereocenters. The summed E-state index contributed by atoms with van der Waals surface area (Å²) in [7, 11) is 2.26. The van der Waals surface area contributed by atoms with E-state index in [1.165, 1.54) is 25.8 Å². The minimum atomic E-state index is 0.667. The van der Waals surface area contributed by atoms with Crippen LogP contribution in [0.2, 0.25) is 0 Å². The van der Waals surface area contributed by atoms with Crippen LogP contribution in [0.15, 0.2) is 0 Å². The van der Waals surface area contributed by atoms with Crippen LogP contribution in [0.3, 0.4) is 0 Å². The maximum Gasteiger partial charge on any atom is 0.0217 e. The molecular formula is C12H26N2. The van der Waals surface area contributed by atoms with Crippen molar-refractivity contribution in [3.63, 3.8) is 0 Å². The molecule has 1 rings (SSSR count). The largest absolute Gasteiger partial charge is 0.312 e. The Morgan fingerprint density at radius 2 is 2.00 bits per heavy atom. The van der Waals surface area contributed by atoms with Crippen LogP contribution in [0, 0.1) is 5.92 Å². The highest BCUT2D eigenvalue weighted by Crippen LogP contribution is 2.25. The Morgan fingerprint density at radius 3 is 2.43 bits per heavy atom. The fourth-order valence-electron chi connectivity index (χ4n) is 1.82. The van der Waals surface area contributed by atoms with Crippen LogP contribution in [-0.4, -0.2) is 37.1 Å². The number of hydrogen-bond donors (Lipinski definition) is 1. The fraction of sp³-hybridized carbons (Fsp3) is 1.00. The smallest absolute Gasteiger partial charge is 0.0217 e. The summed E-state index contributed by atoms with van der Waals surface area (Å²) in [5.41, 5.74) is 0. The highest BCUT2D eigenvalue weighted by atomic mass is 15.2. The molecule has 0 aliphatic heterocycles. The van der Waals surface area contributed by atoms with E-state index in [0.717, 1.165) is 18.5 Å². The van der Waals surface area contributed by atoms with Gasteiger partial charge in [-0.15, -0.1) is 0 Å². The van der Waals surface area contributed by atoms with E-state index in [4.69, 9.17) is 0 Å². The minimum Gasteiger partial charge on any atom is -0.312 e. The Hall–Kier alpha value is -0.0800. The average Bonchev–Trinajstić information content (AvgIpc) is 2.94. The van der Waals surface area contributed by atoms with Crippen molar-refractivity contribution in [2.45, 2.75) is 52.1 Å². The monoisotopic (exact) mass is 198 g/mol. The number of hydrogen-bond acceptors (Lipinski definition) is 2. The molecule has 1 fully saturated rings. The zero-order chi connectivity index (χ0) is 10.6. The number of nitrogens with zero attached hydrogens (tertiary/aromatic N) is 1. The van der Waals surface area contributed by atoms with Crippen molar-refractivity contribution in [2.24, 2.45) is 5.92 Å². The highest BCUT2D eigenvalue weighted by molar-refractivity contribution is 4.85. The van der Waals surface area contributed by atoms with E-state index in [0.29, 0.717) is 6.04 Å². The zero-order valence-electron chi connectivity index (χ0n) is 10.2. The SMILES string of the molecule is CCCNC(CN(C)C1CC1)C(C)C. The fourth-order valence-corrected chi connectivity index (χ4v) is 1.82. The maximum absolute atomic E-state index is 3.64. The van der Waals surface area contributed by atoms with Crippen LogP contribution < -0.4 is 5.32 Å². The van der Waals surface area contributed by atoms with Gasteiger partial charge in [-0.25, -0.2) is 0 Å². The van der Waals surface area contributed by atoms with Crippen molar-refractivity contribution in [2.75, 3.05) is 20.1 Å². The van der Waals surface area contributed by atoms with E-state index >= 15 is 0 Å². The van der Waals surface area contributed by atoms with Gasteiger partial charge in [-0.05, 0) is 38.8 Å². The molecule has 2 heteroatoms. The first kappa shape index (κ1) is 12.0. The highest BCUT2D eigenvalue weighted by Gasteiger charge is 2.28. The molecule has 0 aromatic rings. The second-order valence-corrected chi connectivity index (χ2v) is 4.98. The molecule has 84 valence electrons. The molecular weight excluding hydrogens is 172 g/mol. The Labute approximate surface area is 89.1 Å². The molecule has 0 saturated heterocycles. The molecule has 1 unspecified atom stereocenters. The van der Waals surface area contributed by atoms with Gasteiger partial charge in [-0.2, -0.15) is 0 Å². The summed E-state index contributed by atoms with van der Waals surface area (Å²) in [4.78, 5) is 2.52. The maximum atomic E-state index is 3.64. The van der Waals surface area contributed by atoms with E-state index in [1.807, 2.05) is 0 Å². The van der Waals surface area contributed by atoms with E-state index in [1.54, 1.807) is 0 Å². The van der Waals surface area contributed by atoms with Crippen LogP contribution in [0.5, 0.6) is 0 Å². The third-order valence-electron chi connectivity index (χ3n) is 3.12. The number of rotatable bonds is 7. The summed E-state index contributed by atoms with van der Waals surface area (Å²) in [6, 6.07) is 1.56. The second kappa shape index (κ2) is 5.72. The molecule has 0 aromatic carbocycles. The summed E-state index contributed by atoms with van der Waals surface area (Å²) in [6.45, 7) is 9.22. The van der Waals surface area contributed by atoms with Gasteiger partial charge in [0, 0.05) is 18.6 Å². The molecule has 0 aromatic heterocycles. The van der Waals surface area contributed by atoms with E-state index in [-0.39, 0.29) is 0 Å². The first-order chi connectivity index (χ1) is 6.65. The molecule has 1 aliphatic rings. The van der Waals surface area contributed by atoms with Crippen molar-refractivity contribution in [1.82, 2.24) is 10.2 Å². The molecule has 1 saturated carbocycles. The molecule has 0 heterocycles. The summed E-state index contributed by atoms with van der Waals surface area (Å²) in [5, 5.41) is 3.64. The lowest BCUT2D eigenvalue weighted by Crippen LogP contribution is -2.43. The topological polar surface area (TPSA) is 15.3 Å². The van der Waals surface area contributed by atoms with Gasteiger partial charge < -0.3 is 10.2 Å². The van der Waals surface area contributed by atoms with Crippen LogP contribution in [0.1, 0.15) is 40.0 Å². The number of likely N-dealkylation sites (N-methyl/N-ethyl adjacent to an activating group) is 1. The summed E-state index contributed by atoms with van der Waals surface area (Å²) in [5.74, 6) is 0.739. The van der Waals surface area contributed by atoms with Crippen LogP contribution in [-0.2, 0) is 0 Å². The van der Waals surface area contributed by atoms with Gasteiger partial charge in [0.25, 0.3) is 0 Å². The molecule has 0 amide bonds. The second-order valence-electron chi connectivity index (χ2n) is 4.98. The lowest BCUT2D eigenvalue weighted by atomic mass is 10.0. The van der Waals surface area contributed by atoms with Crippen molar-refractivity contribution in [3.05, 3.63) is 0 Å². The summed E-state index contributed by atoms with van der Waals surface area (Å²) < 4.78 is 0. The normalized spacial score (nSPS) is 19.3. The third-order valence-corrected chi connectivity index (χ3v) is 3.12. The molecule has 0 spiro atoms. The van der Waals surface area contributed by atoms with Crippen LogP contribution >= 0.6 is 0 Å². The molecule has 1 aliphatic carbocycles.